The predicted molar refractivity (Wildman–Crippen MR) is 247 cm³/mol. The summed E-state index contributed by atoms with van der Waals surface area (Å²) >= 11 is 0. The quantitative estimate of drug-likeness (QED) is 0.158. The molecule has 0 saturated heterocycles. The summed E-state index contributed by atoms with van der Waals surface area (Å²) in [6, 6.07) is 68.5. The molecule has 11 aromatic rings. The van der Waals surface area contributed by atoms with Gasteiger partial charge in [0.25, 0.3) is 0 Å². The first-order valence-electron chi connectivity index (χ1n) is 22.0. The van der Waals surface area contributed by atoms with Crippen molar-refractivity contribution < 1.29 is 6.85 Å². The first-order chi connectivity index (χ1) is 30.9. The summed E-state index contributed by atoms with van der Waals surface area (Å²) in [5.74, 6) is 0. The molecule has 0 bridgehead atoms. The molecule has 0 saturated carbocycles. The first kappa shape index (κ1) is 28.7. The van der Waals surface area contributed by atoms with Crippen LogP contribution in [-0.2, 0) is 0 Å². The molecule has 1 aromatic heterocycles. The Morgan fingerprint density at radius 3 is 1.79 bits per heavy atom. The number of benzene rings is 10. The molecule has 2 heteroatoms. The first-order valence-corrected chi connectivity index (χ1v) is 19.5. The summed E-state index contributed by atoms with van der Waals surface area (Å²) < 4.78 is 44.0. The fraction of sp³-hybridized carbons (Fsp3) is 0. The van der Waals surface area contributed by atoms with Gasteiger partial charge in [-0.05, 0) is 92.7 Å². The van der Waals surface area contributed by atoms with E-state index in [9.17, 15) is 0 Å². The third-order valence-electron chi connectivity index (χ3n) is 11.3. The molecule has 0 aliphatic heterocycles. The number of hydrogen-bond acceptors (Lipinski definition) is 1. The highest BCUT2D eigenvalue weighted by Crippen LogP contribution is 2.43. The molecule has 0 aliphatic rings. The average molecular weight is 744 g/mol. The Hall–Kier alpha value is -7.68. The second kappa shape index (κ2) is 14.1. The van der Waals surface area contributed by atoms with E-state index in [1.807, 2.05) is 42.5 Å². The number of hydrogen-bond donors (Lipinski definition) is 0. The van der Waals surface area contributed by atoms with Crippen molar-refractivity contribution in [3.8, 4) is 39.1 Å². The molecule has 0 atom stereocenters. The summed E-state index contributed by atoms with van der Waals surface area (Å²) in [6.45, 7) is 0. The van der Waals surface area contributed by atoms with Crippen LogP contribution in [0.1, 0.15) is 6.85 Å². The maximum absolute atomic E-state index is 8.54. The predicted octanol–water partition coefficient (Wildman–Crippen LogP) is 15.6. The zero-order chi connectivity index (χ0) is 42.8. The Labute approximate surface area is 345 Å². The van der Waals surface area contributed by atoms with Crippen LogP contribution >= 0.6 is 0 Å². The number of rotatable bonds is 7. The van der Waals surface area contributed by atoms with Gasteiger partial charge in [-0.3, -0.25) is 0 Å². The van der Waals surface area contributed by atoms with Crippen LogP contribution < -0.4 is 4.90 Å². The lowest BCUT2D eigenvalue weighted by molar-refractivity contribution is 1.19. The molecular weight excluding hydrogens is 701 g/mol. The highest BCUT2D eigenvalue weighted by atomic mass is 15.1. The van der Waals surface area contributed by atoms with Crippen LogP contribution in [0, 0.1) is 0 Å². The van der Waals surface area contributed by atoms with Crippen molar-refractivity contribution in [2.45, 2.75) is 0 Å². The molecule has 0 spiro atoms. The van der Waals surface area contributed by atoms with E-state index in [1.54, 1.807) is 0 Å². The van der Waals surface area contributed by atoms with E-state index in [0.29, 0.717) is 5.56 Å². The van der Waals surface area contributed by atoms with Crippen LogP contribution in [0.3, 0.4) is 0 Å². The van der Waals surface area contributed by atoms with Crippen molar-refractivity contribution in [3.05, 3.63) is 230 Å². The summed E-state index contributed by atoms with van der Waals surface area (Å²) in [7, 11) is 0. The minimum absolute atomic E-state index is 0.185. The van der Waals surface area contributed by atoms with Crippen molar-refractivity contribution in [2.75, 3.05) is 4.90 Å². The Bertz CT molecular complexity index is 3520. The molecular formula is C56H38N2. The van der Waals surface area contributed by atoms with Gasteiger partial charge in [0.15, 0.2) is 0 Å². The van der Waals surface area contributed by atoms with Gasteiger partial charge in [0.1, 0.15) is 0 Å². The second-order valence-electron chi connectivity index (χ2n) is 14.6. The molecule has 1 heterocycles. The Kier molecular flexibility index (Phi) is 6.98. The van der Waals surface area contributed by atoms with Crippen molar-refractivity contribution in [3.63, 3.8) is 0 Å². The van der Waals surface area contributed by atoms with Gasteiger partial charge in [0, 0.05) is 38.6 Å². The fourth-order valence-corrected chi connectivity index (χ4v) is 8.56. The smallest absolute Gasteiger partial charge is 0.0629 e. The van der Waals surface area contributed by atoms with Crippen molar-refractivity contribution >= 4 is 60.4 Å². The van der Waals surface area contributed by atoms with E-state index in [2.05, 4.69) is 167 Å². The molecule has 58 heavy (non-hydrogen) atoms. The molecule has 11 rings (SSSR count). The van der Waals surface area contributed by atoms with Crippen molar-refractivity contribution in [2.24, 2.45) is 0 Å². The summed E-state index contributed by atoms with van der Waals surface area (Å²) in [4.78, 5) is 2.20. The number of para-hydroxylation sites is 2. The molecule has 0 aliphatic carbocycles. The normalized spacial score (nSPS) is 12.7. The molecule has 0 unspecified atom stereocenters. The van der Waals surface area contributed by atoms with Crippen LogP contribution in [-0.4, -0.2) is 4.57 Å². The van der Waals surface area contributed by atoms with Gasteiger partial charge in [-0.2, -0.15) is 0 Å². The van der Waals surface area contributed by atoms with E-state index >= 15 is 0 Å². The summed E-state index contributed by atoms with van der Waals surface area (Å²) in [6.07, 6.45) is 0. The second-order valence-corrected chi connectivity index (χ2v) is 14.6. The number of anilines is 3. The van der Waals surface area contributed by atoms with Gasteiger partial charge in [0.2, 0.25) is 0 Å². The standard InChI is InChI=1S/C56H38N2/c1-4-14-39(15-5-1)40-30-34-47(35-31-40)57(45-17-6-2-7-18-45)54-25-13-23-50-48(22-12-24-51(50)54)43-28-26-41(27-29-43)44-33-36-52-53-37-32-42-16-10-11-21-49(42)56(53)58(55(52)38-44)46-19-8-3-9-20-46/h1-38H/i1D,4D,5D,14D,15D. The maximum atomic E-state index is 8.54. The van der Waals surface area contributed by atoms with Crippen LogP contribution in [0.15, 0.2) is 230 Å². The summed E-state index contributed by atoms with van der Waals surface area (Å²) in [5, 5.41) is 7.10. The minimum Gasteiger partial charge on any atom is -0.310 e. The third kappa shape index (κ3) is 5.74. The van der Waals surface area contributed by atoms with Crippen molar-refractivity contribution in [1.82, 2.24) is 4.57 Å². The number of nitrogens with zero attached hydrogens (tertiary/aromatic N) is 2. The van der Waals surface area contributed by atoms with E-state index < -0.39 is 6.04 Å². The zero-order valence-electron chi connectivity index (χ0n) is 36.4. The fourth-order valence-electron chi connectivity index (χ4n) is 8.56. The molecule has 272 valence electrons. The highest BCUT2D eigenvalue weighted by Gasteiger charge is 2.18. The largest absolute Gasteiger partial charge is 0.310 e. The van der Waals surface area contributed by atoms with E-state index in [-0.39, 0.29) is 29.7 Å². The van der Waals surface area contributed by atoms with Gasteiger partial charge in [-0.15, -0.1) is 0 Å². The van der Waals surface area contributed by atoms with Gasteiger partial charge in [0.05, 0.1) is 23.6 Å². The van der Waals surface area contributed by atoms with Gasteiger partial charge in [-0.1, -0.05) is 182 Å². The molecule has 0 radical (unpaired) electrons. The van der Waals surface area contributed by atoms with Gasteiger partial charge in [-0.25, -0.2) is 0 Å². The van der Waals surface area contributed by atoms with Gasteiger partial charge < -0.3 is 9.47 Å². The zero-order valence-corrected chi connectivity index (χ0v) is 31.4. The minimum atomic E-state index is -0.401. The number of fused-ring (bicyclic) bond motifs is 6. The van der Waals surface area contributed by atoms with Crippen LogP contribution in [0.25, 0.3) is 82.4 Å². The Morgan fingerprint density at radius 2 is 0.983 bits per heavy atom. The van der Waals surface area contributed by atoms with E-state index in [4.69, 9.17) is 6.85 Å². The Morgan fingerprint density at radius 1 is 0.379 bits per heavy atom. The van der Waals surface area contributed by atoms with Crippen LogP contribution in [0.4, 0.5) is 17.1 Å². The molecule has 0 fully saturated rings. The lowest BCUT2D eigenvalue weighted by atomic mass is 9.95. The van der Waals surface area contributed by atoms with Crippen LogP contribution in [0.5, 0.6) is 0 Å². The Balaban J connectivity index is 0.987. The number of aromatic nitrogens is 1. The monoisotopic (exact) mass is 743 g/mol. The molecule has 2 nitrogen and oxygen atoms in total. The maximum Gasteiger partial charge on any atom is 0.0629 e. The van der Waals surface area contributed by atoms with E-state index in [0.717, 1.165) is 55.8 Å². The third-order valence-corrected chi connectivity index (χ3v) is 11.3. The van der Waals surface area contributed by atoms with Crippen molar-refractivity contribution in [1.29, 1.82) is 0 Å². The lowest BCUT2D eigenvalue weighted by Crippen LogP contribution is -2.10. The summed E-state index contributed by atoms with van der Waals surface area (Å²) in [5.41, 5.74) is 11.6. The SMILES string of the molecule is [2H]c1c([2H])c([2H])c(-c2ccc(N(c3ccccc3)c3cccc4c(-c5ccc(-c6ccc7c8ccc9ccccc9c8n(-c8ccccc8)c7c6)cc5)cccc34)cc2)c([2H])c1[2H]. The van der Waals surface area contributed by atoms with Crippen LogP contribution in [0.2, 0.25) is 0 Å². The molecule has 0 amide bonds. The highest BCUT2D eigenvalue weighted by molar-refractivity contribution is 6.19. The van der Waals surface area contributed by atoms with E-state index in [1.165, 1.54) is 32.6 Å². The lowest BCUT2D eigenvalue weighted by Gasteiger charge is -2.27. The molecule has 0 N–H and O–H groups in total. The van der Waals surface area contributed by atoms with Gasteiger partial charge >= 0.3 is 0 Å². The molecule has 10 aromatic carbocycles. The topological polar surface area (TPSA) is 8.17 Å². The average Bonchev–Trinajstić information content (AvgIpc) is 3.68.